The Morgan fingerprint density at radius 1 is 1.27 bits per heavy atom. The van der Waals surface area contributed by atoms with Gasteiger partial charge in [-0.05, 0) is 35.9 Å². The predicted octanol–water partition coefficient (Wildman–Crippen LogP) is 3.53. The number of aromatic nitrogens is 2. The van der Waals surface area contributed by atoms with E-state index in [4.69, 9.17) is 20.8 Å². The molecule has 0 atom stereocenters. The molecule has 0 saturated heterocycles. The Labute approximate surface area is 132 Å². The van der Waals surface area contributed by atoms with E-state index in [0.29, 0.717) is 17.3 Å². The fraction of sp³-hybridized carbons (Fsp3) is 0.125. The molecule has 0 saturated carbocycles. The molecular weight excluding hydrogens is 304 g/mol. The van der Waals surface area contributed by atoms with Crippen molar-refractivity contribution in [2.45, 2.75) is 13.2 Å². The van der Waals surface area contributed by atoms with Crippen LogP contribution in [0.4, 0.5) is 0 Å². The van der Waals surface area contributed by atoms with Crippen molar-refractivity contribution in [1.82, 2.24) is 9.78 Å². The van der Waals surface area contributed by atoms with Crippen LogP contribution < -0.4 is 0 Å². The van der Waals surface area contributed by atoms with Crippen LogP contribution >= 0.6 is 11.6 Å². The van der Waals surface area contributed by atoms with E-state index in [1.54, 1.807) is 41.2 Å². The Balaban J connectivity index is 1.59. The molecule has 0 aliphatic heterocycles. The molecule has 0 amide bonds. The number of hydrogen-bond acceptors (Lipinski definition) is 4. The van der Waals surface area contributed by atoms with Crippen LogP contribution in [0.15, 0.2) is 59.3 Å². The van der Waals surface area contributed by atoms with E-state index in [9.17, 15) is 4.79 Å². The first-order valence-electron chi connectivity index (χ1n) is 6.68. The third-order valence-electron chi connectivity index (χ3n) is 3.00. The maximum atomic E-state index is 11.9. The third kappa shape index (κ3) is 3.56. The number of hydrogen-bond donors (Lipinski definition) is 0. The van der Waals surface area contributed by atoms with Crippen LogP contribution in [0.2, 0.25) is 5.02 Å². The fourth-order valence-electron chi connectivity index (χ4n) is 1.97. The summed E-state index contributed by atoms with van der Waals surface area (Å²) < 4.78 is 12.4. The number of halogens is 1. The van der Waals surface area contributed by atoms with Gasteiger partial charge in [0.05, 0.1) is 6.54 Å². The summed E-state index contributed by atoms with van der Waals surface area (Å²) >= 11 is 5.88. The van der Waals surface area contributed by atoms with Crippen LogP contribution in [-0.4, -0.2) is 15.7 Å². The van der Waals surface area contributed by atoms with Crippen molar-refractivity contribution in [2.75, 3.05) is 0 Å². The summed E-state index contributed by atoms with van der Waals surface area (Å²) in [6.07, 6.45) is 3.50. The van der Waals surface area contributed by atoms with E-state index in [2.05, 4.69) is 5.10 Å². The van der Waals surface area contributed by atoms with Crippen LogP contribution in [0.1, 0.15) is 21.9 Å². The molecule has 0 fully saturated rings. The van der Waals surface area contributed by atoms with Gasteiger partial charge in [0.2, 0.25) is 5.76 Å². The zero-order valence-electron chi connectivity index (χ0n) is 11.6. The summed E-state index contributed by atoms with van der Waals surface area (Å²) in [5.41, 5.74) is 0.823. The Morgan fingerprint density at radius 3 is 2.95 bits per heavy atom. The number of carbonyl (C=O) groups is 1. The molecule has 2 heterocycles. The first-order valence-corrected chi connectivity index (χ1v) is 7.06. The van der Waals surface area contributed by atoms with Crippen molar-refractivity contribution in [3.63, 3.8) is 0 Å². The van der Waals surface area contributed by atoms with Gasteiger partial charge in [-0.2, -0.15) is 5.10 Å². The first kappa shape index (κ1) is 14.4. The van der Waals surface area contributed by atoms with E-state index in [1.807, 2.05) is 18.3 Å². The smallest absolute Gasteiger partial charge is 0.374 e. The van der Waals surface area contributed by atoms with E-state index in [-0.39, 0.29) is 12.4 Å². The molecule has 0 spiro atoms. The lowest BCUT2D eigenvalue weighted by Gasteiger charge is -2.03. The van der Waals surface area contributed by atoms with Crippen molar-refractivity contribution in [1.29, 1.82) is 0 Å². The lowest BCUT2D eigenvalue weighted by molar-refractivity contribution is 0.0434. The molecule has 3 rings (SSSR count). The van der Waals surface area contributed by atoms with E-state index in [0.717, 1.165) is 5.56 Å². The van der Waals surface area contributed by atoms with Gasteiger partial charge in [-0.3, -0.25) is 4.68 Å². The molecule has 0 N–H and O–H groups in total. The largest absolute Gasteiger partial charge is 0.455 e. The second-order valence-corrected chi connectivity index (χ2v) is 5.11. The highest BCUT2D eigenvalue weighted by atomic mass is 35.5. The van der Waals surface area contributed by atoms with Crippen molar-refractivity contribution >= 4 is 17.6 Å². The molecule has 6 heteroatoms. The number of nitrogens with zero attached hydrogens (tertiary/aromatic N) is 2. The van der Waals surface area contributed by atoms with Gasteiger partial charge in [0, 0.05) is 17.4 Å². The lowest BCUT2D eigenvalue weighted by atomic mass is 10.2. The van der Waals surface area contributed by atoms with Gasteiger partial charge in [0.25, 0.3) is 0 Å². The number of rotatable bonds is 5. The average Bonchev–Trinajstić information content (AvgIpc) is 3.17. The molecule has 1 aromatic carbocycles. The van der Waals surface area contributed by atoms with Gasteiger partial charge < -0.3 is 9.15 Å². The highest BCUT2D eigenvalue weighted by molar-refractivity contribution is 6.30. The maximum Gasteiger partial charge on any atom is 0.374 e. The van der Waals surface area contributed by atoms with Crippen LogP contribution in [0, 0.1) is 0 Å². The summed E-state index contributed by atoms with van der Waals surface area (Å²) in [4.78, 5) is 11.9. The molecule has 22 heavy (non-hydrogen) atoms. The van der Waals surface area contributed by atoms with Gasteiger partial charge >= 0.3 is 5.97 Å². The number of carbonyl (C=O) groups excluding carboxylic acids is 1. The SMILES string of the molecule is O=C(OCc1cccc(Cl)c1)c1ccc(Cn2cccn2)o1. The summed E-state index contributed by atoms with van der Waals surface area (Å²) in [6.45, 7) is 0.614. The fourth-order valence-corrected chi connectivity index (χ4v) is 2.19. The van der Waals surface area contributed by atoms with E-state index in [1.165, 1.54) is 0 Å². The third-order valence-corrected chi connectivity index (χ3v) is 3.23. The van der Waals surface area contributed by atoms with E-state index >= 15 is 0 Å². The standard InChI is InChI=1S/C16H13ClN2O3/c17-13-4-1-3-12(9-13)11-21-16(20)15-6-5-14(22-15)10-19-8-2-7-18-19/h1-9H,10-11H2. The number of furan rings is 1. The van der Waals surface area contributed by atoms with Crippen molar-refractivity contribution in [3.05, 3.63) is 77.0 Å². The minimum absolute atomic E-state index is 0.147. The van der Waals surface area contributed by atoms with Gasteiger partial charge in [-0.25, -0.2) is 4.79 Å². The van der Waals surface area contributed by atoms with E-state index < -0.39 is 5.97 Å². The lowest BCUT2D eigenvalue weighted by Crippen LogP contribution is -2.04. The van der Waals surface area contributed by atoms with Crippen molar-refractivity contribution < 1.29 is 13.9 Å². The molecule has 0 bridgehead atoms. The highest BCUT2D eigenvalue weighted by Gasteiger charge is 2.13. The van der Waals surface area contributed by atoms with Crippen LogP contribution in [0.3, 0.4) is 0 Å². The zero-order valence-corrected chi connectivity index (χ0v) is 12.4. The number of benzene rings is 1. The molecule has 5 nitrogen and oxygen atoms in total. The summed E-state index contributed by atoms with van der Waals surface area (Å²) in [5.74, 6) is 0.300. The molecule has 0 aliphatic rings. The Kier molecular flexibility index (Phi) is 4.25. The molecule has 0 unspecified atom stereocenters. The predicted molar refractivity (Wildman–Crippen MR) is 80.6 cm³/mol. The second kappa shape index (κ2) is 6.49. The van der Waals surface area contributed by atoms with Crippen LogP contribution in [0.5, 0.6) is 0 Å². The number of esters is 1. The molecule has 112 valence electrons. The Hall–Kier alpha value is -2.53. The minimum Gasteiger partial charge on any atom is -0.455 e. The summed E-state index contributed by atoms with van der Waals surface area (Å²) in [5, 5.41) is 4.68. The summed E-state index contributed by atoms with van der Waals surface area (Å²) in [7, 11) is 0. The average molecular weight is 317 g/mol. The second-order valence-electron chi connectivity index (χ2n) is 4.68. The zero-order chi connectivity index (χ0) is 15.4. The monoisotopic (exact) mass is 316 g/mol. The molecular formula is C16H13ClN2O3. The molecule has 0 aliphatic carbocycles. The molecule has 2 aromatic heterocycles. The van der Waals surface area contributed by atoms with Gasteiger partial charge in [0.15, 0.2) is 0 Å². The Bertz CT molecular complexity index is 765. The number of ether oxygens (including phenoxy) is 1. The highest BCUT2D eigenvalue weighted by Crippen LogP contribution is 2.14. The molecule has 0 radical (unpaired) electrons. The van der Waals surface area contributed by atoms with Crippen LogP contribution in [-0.2, 0) is 17.9 Å². The van der Waals surface area contributed by atoms with Gasteiger partial charge in [-0.1, -0.05) is 23.7 Å². The van der Waals surface area contributed by atoms with Gasteiger partial charge in [-0.15, -0.1) is 0 Å². The molecule has 3 aromatic rings. The topological polar surface area (TPSA) is 57.3 Å². The first-order chi connectivity index (χ1) is 10.7. The van der Waals surface area contributed by atoms with Crippen molar-refractivity contribution in [3.8, 4) is 0 Å². The normalized spacial score (nSPS) is 10.6. The van der Waals surface area contributed by atoms with Crippen LogP contribution in [0.25, 0.3) is 0 Å². The van der Waals surface area contributed by atoms with Gasteiger partial charge in [0.1, 0.15) is 12.4 Å². The summed E-state index contributed by atoms with van der Waals surface area (Å²) in [6, 6.07) is 12.3. The van der Waals surface area contributed by atoms with Crippen molar-refractivity contribution in [2.24, 2.45) is 0 Å². The minimum atomic E-state index is -0.508. The maximum absolute atomic E-state index is 11.9. The Morgan fingerprint density at radius 2 is 2.18 bits per heavy atom. The quantitative estimate of drug-likeness (QED) is 0.676.